The van der Waals surface area contributed by atoms with E-state index in [-0.39, 0.29) is 6.83 Å². The van der Waals surface area contributed by atoms with E-state index < -0.39 is 0 Å². The van der Waals surface area contributed by atoms with Gasteiger partial charge >= 0.3 is 6.83 Å². The van der Waals surface area contributed by atoms with Gasteiger partial charge in [-0.3, -0.25) is 0 Å². The van der Waals surface area contributed by atoms with Gasteiger partial charge in [0.05, 0.1) is 0 Å². The summed E-state index contributed by atoms with van der Waals surface area (Å²) in [7, 11) is 0. The fourth-order valence-electron chi connectivity index (χ4n) is 4.51. The lowest BCUT2D eigenvalue weighted by Gasteiger charge is -1.99. The Morgan fingerprint density at radius 3 is 1.72 bits per heavy atom. The Morgan fingerprint density at radius 1 is 0.594 bits per heavy atom. The first-order chi connectivity index (χ1) is 15.8. The van der Waals surface area contributed by atoms with E-state index in [0.717, 1.165) is 55.3 Å². The normalized spacial score (nSPS) is 11.9. The van der Waals surface area contributed by atoms with Crippen molar-refractivity contribution < 1.29 is 0 Å². The molecular formula is C24H14BClN6. The zero-order chi connectivity index (χ0) is 21.2. The SMILES string of the molecule is ClBn1c2nc3nc(nc4[nH]c(nc1c1ccccc12)c1ccccc41)-c1ccccc1-3. The van der Waals surface area contributed by atoms with Crippen LogP contribution in [0.3, 0.4) is 0 Å². The first kappa shape index (κ1) is 17.7. The maximum atomic E-state index is 6.46. The van der Waals surface area contributed by atoms with E-state index in [4.69, 9.17) is 31.4 Å². The monoisotopic (exact) mass is 432 g/mol. The number of rotatable bonds is 1. The Bertz CT molecular complexity index is 1790. The molecule has 6 aromatic rings. The van der Waals surface area contributed by atoms with E-state index in [1.54, 1.807) is 0 Å². The largest absolute Gasteiger partial charge is 0.350 e. The molecule has 1 aliphatic rings. The van der Waals surface area contributed by atoms with Gasteiger partial charge in [-0.05, 0) is 0 Å². The van der Waals surface area contributed by atoms with E-state index in [2.05, 4.69) is 4.98 Å². The predicted octanol–water partition coefficient (Wildman–Crippen LogP) is 5.13. The van der Waals surface area contributed by atoms with Crippen LogP contribution in [0.2, 0.25) is 0 Å². The highest BCUT2D eigenvalue weighted by molar-refractivity contribution is 6.93. The number of hydrogen-bond donors (Lipinski definition) is 1. The average Bonchev–Trinajstić information content (AvgIpc) is 3.46. The number of benzene rings is 3. The summed E-state index contributed by atoms with van der Waals surface area (Å²) in [5.41, 5.74) is 4.86. The Hall–Kier alpha value is -3.97. The molecule has 6 nitrogen and oxygen atoms in total. The second kappa shape index (κ2) is 6.51. The highest BCUT2D eigenvalue weighted by Gasteiger charge is 2.20. The van der Waals surface area contributed by atoms with Crippen LogP contribution < -0.4 is 0 Å². The van der Waals surface area contributed by atoms with Crippen LogP contribution in [0.4, 0.5) is 0 Å². The molecule has 0 spiro atoms. The molecule has 1 aliphatic heterocycles. The summed E-state index contributed by atoms with van der Waals surface area (Å²) in [4.78, 5) is 23.2. The second-order valence-corrected chi connectivity index (χ2v) is 7.99. The van der Waals surface area contributed by atoms with Crippen molar-refractivity contribution in [1.82, 2.24) is 29.4 Å². The third-order valence-electron chi connectivity index (χ3n) is 5.98. The highest BCUT2D eigenvalue weighted by atomic mass is 35.5. The van der Waals surface area contributed by atoms with E-state index in [0.29, 0.717) is 11.6 Å². The van der Waals surface area contributed by atoms with Crippen LogP contribution in [-0.4, -0.2) is 36.2 Å². The van der Waals surface area contributed by atoms with E-state index in [9.17, 15) is 0 Å². The first-order valence-electron chi connectivity index (χ1n) is 10.3. The van der Waals surface area contributed by atoms with Crippen LogP contribution in [-0.2, 0) is 0 Å². The fraction of sp³-hybridized carbons (Fsp3) is 0. The molecule has 0 aliphatic carbocycles. The van der Waals surface area contributed by atoms with Crippen LogP contribution in [0.15, 0.2) is 72.8 Å². The first-order valence-corrected chi connectivity index (χ1v) is 10.8. The van der Waals surface area contributed by atoms with Gasteiger partial charge in [0.25, 0.3) is 0 Å². The molecule has 0 saturated carbocycles. The van der Waals surface area contributed by atoms with Crippen LogP contribution in [0, 0.1) is 0 Å². The van der Waals surface area contributed by atoms with E-state index >= 15 is 0 Å². The van der Waals surface area contributed by atoms with Crippen molar-refractivity contribution in [2.24, 2.45) is 0 Å². The Kier molecular flexibility index (Phi) is 3.60. The molecule has 1 N–H and O–H groups in total. The van der Waals surface area contributed by atoms with Gasteiger partial charge in [-0.2, -0.15) is 11.5 Å². The standard InChI is InChI=1S/C24H14BClN6/c26-25-32-23-17-11-5-6-12-18(17)24(32)31-22-16-10-4-2-8-14(16)20(29-22)27-19-13-7-1-3-9-15(13)21(28-19)30-23/h1-12,25H,(H,27,28,29,30,31). The molecule has 8 heteroatoms. The van der Waals surface area contributed by atoms with Gasteiger partial charge in [0, 0.05) is 32.7 Å². The van der Waals surface area contributed by atoms with Crippen LogP contribution in [0.1, 0.15) is 0 Å². The van der Waals surface area contributed by atoms with Crippen molar-refractivity contribution in [2.75, 3.05) is 0 Å². The Balaban J connectivity index is 1.82. The summed E-state index contributed by atoms with van der Waals surface area (Å²) >= 11 is 6.46. The molecule has 0 saturated heterocycles. The molecule has 0 atom stereocenters. The summed E-state index contributed by atoms with van der Waals surface area (Å²) in [5.74, 6) is 1.25. The van der Waals surface area contributed by atoms with Crippen molar-refractivity contribution >= 4 is 62.4 Å². The Morgan fingerprint density at radius 2 is 1.09 bits per heavy atom. The van der Waals surface area contributed by atoms with Gasteiger partial charge in [-0.15, -0.1) is 0 Å². The summed E-state index contributed by atoms with van der Waals surface area (Å²) in [6, 6.07) is 24.2. The minimum atomic E-state index is 0.216. The smallest absolute Gasteiger partial charge is 0.342 e. The van der Waals surface area contributed by atoms with Crippen LogP contribution in [0.5, 0.6) is 0 Å². The molecule has 32 heavy (non-hydrogen) atoms. The van der Waals surface area contributed by atoms with E-state index in [1.807, 2.05) is 77.3 Å². The van der Waals surface area contributed by atoms with Gasteiger partial charge in [0.2, 0.25) is 0 Å². The molecule has 0 unspecified atom stereocenters. The van der Waals surface area contributed by atoms with Crippen LogP contribution >= 0.6 is 11.5 Å². The molecular weight excluding hydrogens is 419 g/mol. The molecule has 3 aromatic carbocycles. The van der Waals surface area contributed by atoms with Gasteiger partial charge in [-0.1, -0.05) is 72.8 Å². The zero-order valence-electron chi connectivity index (χ0n) is 16.7. The second-order valence-electron chi connectivity index (χ2n) is 7.75. The number of H-pyrrole nitrogens is 1. The van der Waals surface area contributed by atoms with Crippen molar-refractivity contribution in [3.05, 3.63) is 72.8 Å². The number of aromatic amines is 1. The maximum Gasteiger partial charge on any atom is 0.350 e. The Labute approximate surface area is 187 Å². The van der Waals surface area contributed by atoms with Gasteiger partial charge < -0.3 is 9.46 Å². The lowest BCUT2D eigenvalue weighted by atomic mass is 10.1. The number of nitrogens with zero attached hydrogens (tertiary/aromatic N) is 5. The lowest BCUT2D eigenvalue weighted by molar-refractivity contribution is 1.18. The molecule has 0 amide bonds. The number of aromatic nitrogens is 6. The maximum absolute atomic E-state index is 6.46. The fourth-order valence-corrected chi connectivity index (χ4v) is 4.74. The molecule has 0 fully saturated rings. The number of fused-ring (bicyclic) bond motifs is 15. The quantitative estimate of drug-likeness (QED) is 0.365. The molecule has 7 rings (SSSR count). The molecule has 4 heterocycles. The number of nitrogens with one attached hydrogen (secondary N) is 1. The van der Waals surface area contributed by atoms with Crippen molar-refractivity contribution in [3.8, 4) is 22.8 Å². The predicted molar refractivity (Wildman–Crippen MR) is 130 cm³/mol. The molecule has 3 aromatic heterocycles. The minimum Gasteiger partial charge on any atom is -0.342 e. The van der Waals surface area contributed by atoms with E-state index in [1.165, 1.54) is 0 Å². The third kappa shape index (κ3) is 2.37. The summed E-state index contributed by atoms with van der Waals surface area (Å²) in [6.07, 6.45) is 0. The third-order valence-corrected chi connectivity index (χ3v) is 6.22. The van der Waals surface area contributed by atoms with Crippen LogP contribution in [0.25, 0.3) is 66.9 Å². The molecule has 150 valence electrons. The van der Waals surface area contributed by atoms with Crippen molar-refractivity contribution in [3.63, 3.8) is 0 Å². The topological polar surface area (TPSA) is 72.3 Å². The summed E-state index contributed by atoms with van der Waals surface area (Å²) in [5, 5.41) is 3.95. The molecule has 6 bridgehead atoms. The summed E-state index contributed by atoms with van der Waals surface area (Å²) < 4.78 is 1.93. The molecule has 0 radical (unpaired) electrons. The van der Waals surface area contributed by atoms with Crippen molar-refractivity contribution in [2.45, 2.75) is 0 Å². The minimum absolute atomic E-state index is 0.216. The summed E-state index contributed by atoms with van der Waals surface area (Å²) in [6.45, 7) is 0.216. The highest BCUT2D eigenvalue weighted by Crippen LogP contribution is 2.35. The number of hydrogen-bond acceptors (Lipinski definition) is 4. The zero-order valence-corrected chi connectivity index (χ0v) is 17.5. The van der Waals surface area contributed by atoms with Gasteiger partial charge in [0.15, 0.2) is 11.6 Å². The van der Waals surface area contributed by atoms with Gasteiger partial charge in [0.1, 0.15) is 22.6 Å². The number of halogens is 1. The lowest BCUT2D eigenvalue weighted by Crippen LogP contribution is -2.01. The average molecular weight is 433 g/mol. The van der Waals surface area contributed by atoms with Crippen molar-refractivity contribution in [1.29, 1.82) is 0 Å². The van der Waals surface area contributed by atoms with Gasteiger partial charge in [-0.25, -0.2) is 19.9 Å².